The average Bonchev–Trinajstić information content (AvgIpc) is 3.99. The van der Waals surface area contributed by atoms with Gasteiger partial charge in [0.05, 0.1) is 5.41 Å². The third kappa shape index (κ3) is 4.41. The van der Waals surface area contributed by atoms with Crippen LogP contribution in [0.5, 0.6) is 0 Å². The summed E-state index contributed by atoms with van der Waals surface area (Å²) in [7, 11) is 0. The molecule has 0 heterocycles. The molecule has 0 atom stereocenters. The zero-order chi connectivity index (χ0) is 42.4. The second kappa shape index (κ2) is 12.9. The van der Waals surface area contributed by atoms with Crippen LogP contribution in [0.4, 0.5) is 0 Å². The third-order valence-corrected chi connectivity index (χ3v) is 15.2. The van der Waals surface area contributed by atoms with Gasteiger partial charge in [-0.05, 0) is 149 Å². The molecule has 3 aliphatic rings. The van der Waals surface area contributed by atoms with E-state index in [2.05, 4.69) is 231 Å². The zero-order valence-corrected chi connectivity index (χ0v) is 35.4. The zero-order valence-electron chi connectivity index (χ0n) is 35.4. The quantitative estimate of drug-likeness (QED) is 0.167. The van der Waals surface area contributed by atoms with Crippen LogP contribution in [-0.2, 0) is 5.41 Å². The topological polar surface area (TPSA) is 0 Å². The first-order chi connectivity index (χ1) is 32.3. The number of benzene rings is 12. The Balaban J connectivity index is 1.08. The van der Waals surface area contributed by atoms with Gasteiger partial charge in [0.25, 0.3) is 0 Å². The van der Waals surface area contributed by atoms with Crippen molar-refractivity contribution in [3.8, 4) is 77.9 Å². The van der Waals surface area contributed by atoms with E-state index in [0.717, 1.165) is 0 Å². The lowest BCUT2D eigenvalue weighted by molar-refractivity contribution is 0.802. The van der Waals surface area contributed by atoms with Crippen molar-refractivity contribution in [2.24, 2.45) is 0 Å². The normalized spacial score (nSPS) is 13.4. The Bertz CT molecular complexity index is 3900. The molecule has 298 valence electrons. The van der Waals surface area contributed by atoms with Gasteiger partial charge in [0, 0.05) is 0 Å². The summed E-state index contributed by atoms with van der Waals surface area (Å²) in [5, 5.41) is 10.3. The smallest absolute Gasteiger partial charge is 0.0622 e. The van der Waals surface area contributed by atoms with Crippen molar-refractivity contribution >= 4 is 43.1 Å². The van der Waals surface area contributed by atoms with Crippen LogP contribution in [0, 0.1) is 0 Å². The molecule has 0 aromatic heterocycles. The molecule has 12 aromatic carbocycles. The summed E-state index contributed by atoms with van der Waals surface area (Å²) in [6, 6.07) is 87.1. The van der Waals surface area contributed by atoms with Crippen LogP contribution in [0.3, 0.4) is 0 Å². The number of fused-ring (bicyclic) bond motifs is 18. The Morgan fingerprint density at radius 3 is 1.34 bits per heavy atom. The fourth-order valence-electron chi connectivity index (χ4n) is 12.8. The molecule has 0 unspecified atom stereocenters. The largest absolute Gasteiger partial charge is 0.0731 e. The lowest BCUT2D eigenvalue weighted by atomic mass is 9.69. The minimum absolute atomic E-state index is 0.502. The van der Waals surface area contributed by atoms with Crippen molar-refractivity contribution in [3.05, 3.63) is 253 Å². The second-order valence-corrected chi connectivity index (χ2v) is 18.1. The van der Waals surface area contributed by atoms with Crippen LogP contribution in [0.2, 0.25) is 0 Å². The van der Waals surface area contributed by atoms with Crippen LogP contribution in [0.25, 0.3) is 121 Å². The van der Waals surface area contributed by atoms with Gasteiger partial charge in [0.1, 0.15) is 0 Å². The number of hydrogen-bond acceptors (Lipinski definition) is 0. The Labute approximate surface area is 377 Å². The molecule has 0 amide bonds. The standard InChI is InChI=1S/C65H38/c1-3-19-40(20-4-1)58-49-28-11-12-29-50(49)59(41-21-5-2-6-22-41)63-52-37-36-44(47-30-17-31-51(60(47)52)62(58)63)54-38-57-61(48-27-10-9-24-43(48)54)53-35-34-39-18-7-8-23-42(39)64(53)65(57)55-32-15-13-25-45(55)46-26-14-16-33-56(46)65/h1-38H. The maximum atomic E-state index is 2.61. The fourth-order valence-corrected chi connectivity index (χ4v) is 12.8. The summed E-state index contributed by atoms with van der Waals surface area (Å²) in [5.41, 5.74) is 23.2. The van der Waals surface area contributed by atoms with E-state index in [1.165, 1.54) is 143 Å². The maximum Gasteiger partial charge on any atom is 0.0731 e. The van der Waals surface area contributed by atoms with Gasteiger partial charge in [0.15, 0.2) is 0 Å². The van der Waals surface area contributed by atoms with Gasteiger partial charge in [-0.2, -0.15) is 0 Å². The highest BCUT2D eigenvalue weighted by Crippen LogP contribution is 2.66. The number of hydrogen-bond donors (Lipinski definition) is 0. The minimum atomic E-state index is -0.502. The molecule has 0 radical (unpaired) electrons. The molecule has 0 saturated heterocycles. The lowest BCUT2D eigenvalue weighted by Crippen LogP contribution is -2.26. The second-order valence-electron chi connectivity index (χ2n) is 18.1. The van der Waals surface area contributed by atoms with Gasteiger partial charge in [-0.3, -0.25) is 0 Å². The highest BCUT2D eigenvalue weighted by molar-refractivity contribution is 6.29. The van der Waals surface area contributed by atoms with Crippen LogP contribution in [0.1, 0.15) is 22.3 Å². The Morgan fingerprint density at radius 1 is 0.231 bits per heavy atom. The average molecular weight is 819 g/mol. The van der Waals surface area contributed by atoms with Gasteiger partial charge in [-0.15, -0.1) is 0 Å². The fraction of sp³-hybridized carbons (Fsp3) is 0.0154. The molecule has 15 rings (SSSR count). The summed E-state index contributed by atoms with van der Waals surface area (Å²) in [6.45, 7) is 0. The third-order valence-electron chi connectivity index (χ3n) is 15.2. The number of rotatable bonds is 3. The lowest BCUT2D eigenvalue weighted by Gasteiger charge is -2.32. The van der Waals surface area contributed by atoms with E-state index in [-0.39, 0.29) is 0 Å². The van der Waals surface area contributed by atoms with Gasteiger partial charge in [-0.1, -0.05) is 224 Å². The van der Waals surface area contributed by atoms with Crippen molar-refractivity contribution in [1.82, 2.24) is 0 Å². The molecule has 0 nitrogen and oxygen atoms in total. The van der Waals surface area contributed by atoms with Crippen LogP contribution >= 0.6 is 0 Å². The first-order valence-electron chi connectivity index (χ1n) is 22.9. The molecule has 0 aliphatic heterocycles. The summed E-state index contributed by atoms with van der Waals surface area (Å²) >= 11 is 0. The van der Waals surface area contributed by atoms with Crippen molar-refractivity contribution in [2.45, 2.75) is 5.41 Å². The van der Waals surface area contributed by atoms with Crippen molar-refractivity contribution in [3.63, 3.8) is 0 Å². The molecular formula is C65H38. The van der Waals surface area contributed by atoms with Gasteiger partial charge in [-0.25, -0.2) is 0 Å². The molecule has 0 saturated carbocycles. The van der Waals surface area contributed by atoms with E-state index in [0.29, 0.717) is 0 Å². The van der Waals surface area contributed by atoms with Crippen LogP contribution < -0.4 is 0 Å². The van der Waals surface area contributed by atoms with E-state index < -0.39 is 5.41 Å². The SMILES string of the molecule is c1ccc(-c2c3c(c(-c4ccccc4)c4ccccc24)-c2ccc(-c4cc5c(c6ccccc46)-c4ccc6ccccc6c4C54c5ccccc5-c5ccccc54)c4cccc-3c24)cc1. The van der Waals surface area contributed by atoms with E-state index in [9.17, 15) is 0 Å². The van der Waals surface area contributed by atoms with E-state index in [1.54, 1.807) is 0 Å². The first kappa shape index (κ1) is 35.2. The highest BCUT2D eigenvalue weighted by Gasteiger charge is 2.53. The molecule has 0 N–H and O–H groups in total. The Kier molecular flexibility index (Phi) is 6.97. The van der Waals surface area contributed by atoms with Crippen molar-refractivity contribution in [2.75, 3.05) is 0 Å². The minimum Gasteiger partial charge on any atom is -0.0622 e. The van der Waals surface area contributed by atoms with Gasteiger partial charge >= 0.3 is 0 Å². The van der Waals surface area contributed by atoms with Gasteiger partial charge < -0.3 is 0 Å². The molecular weight excluding hydrogens is 781 g/mol. The van der Waals surface area contributed by atoms with Crippen molar-refractivity contribution < 1.29 is 0 Å². The van der Waals surface area contributed by atoms with Crippen LogP contribution in [0.15, 0.2) is 231 Å². The van der Waals surface area contributed by atoms with Crippen LogP contribution in [-0.4, -0.2) is 0 Å². The molecule has 0 heteroatoms. The maximum absolute atomic E-state index is 2.61. The first-order valence-corrected chi connectivity index (χ1v) is 22.9. The molecule has 12 aromatic rings. The summed E-state index contributed by atoms with van der Waals surface area (Å²) < 4.78 is 0. The molecule has 65 heavy (non-hydrogen) atoms. The summed E-state index contributed by atoms with van der Waals surface area (Å²) in [4.78, 5) is 0. The molecule has 0 fully saturated rings. The highest BCUT2D eigenvalue weighted by atomic mass is 14.5. The molecule has 3 aliphatic carbocycles. The Hall–Kier alpha value is -8.32. The molecule has 0 bridgehead atoms. The summed E-state index contributed by atoms with van der Waals surface area (Å²) in [6.07, 6.45) is 0. The summed E-state index contributed by atoms with van der Waals surface area (Å²) in [5.74, 6) is 0. The predicted octanol–water partition coefficient (Wildman–Crippen LogP) is 17.3. The molecule has 1 spiro atoms. The van der Waals surface area contributed by atoms with Crippen molar-refractivity contribution in [1.29, 1.82) is 0 Å². The van der Waals surface area contributed by atoms with Gasteiger partial charge in [0.2, 0.25) is 0 Å². The predicted molar refractivity (Wildman–Crippen MR) is 274 cm³/mol. The Morgan fingerprint density at radius 2 is 0.692 bits per heavy atom. The monoisotopic (exact) mass is 818 g/mol. The van der Waals surface area contributed by atoms with E-state index in [4.69, 9.17) is 0 Å². The van der Waals surface area contributed by atoms with E-state index in [1.807, 2.05) is 0 Å². The van der Waals surface area contributed by atoms with E-state index >= 15 is 0 Å².